The van der Waals surface area contributed by atoms with Crippen LogP contribution in [0.4, 0.5) is 5.69 Å². The summed E-state index contributed by atoms with van der Waals surface area (Å²) in [5.74, 6) is -0.795. The van der Waals surface area contributed by atoms with Gasteiger partial charge < -0.3 is 10.1 Å². The average molecular weight is 331 g/mol. The maximum atomic E-state index is 12.3. The Morgan fingerprint density at radius 1 is 1.13 bits per heavy atom. The van der Waals surface area contributed by atoms with Gasteiger partial charge in [0.25, 0.3) is 5.91 Å². The smallest absolute Gasteiger partial charge is 0.340 e. The monoisotopic (exact) mass is 331 g/mol. The molecule has 0 aliphatic heterocycles. The first-order valence-electron chi connectivity index (χ1n) is 7.44. The number of carbonyl (C=O) groups excluding carboxylic acids is 2. The number of ether oxygens (including phenoxy) is 1. The summed E-state index contributed by atoms with van der Waals surface area (Å²) in [6.45, 7) is 9.24. The average Bonchev–Trinajstić information content (AvgIpc) is 2.81. The van der Waals surface area contributed by atoms with Gasteiger partial charge in [0, 0.05) is 15.4 Å². The maximum Gasteiger partial charge on any atom is 0.340 e. The molecular weight excluding hydrogens is 310 g/mol. The lowest BCUT2D eigenvalue weighted by Gasteiger charge is -2.16. The molecule has 0 bridgehead atoms. The number of hydrogen-bond donors (Lipinski definition) is 1. The van der Waals surface area contributed by atoms with Crippen molar-refractivity contribution in [3.63, 3.8) is 0 Å². The SMILES string of the molecule is Cc1cc(C(=O)O[C@@H](C)C(=O)Nc2c(C)cccc2C)c(C)s1. The minimum Gasteiger partial charge on any atom is -0.449 e. The van der Waals surface area contributed by atoms with Crippen LogP contribution in [0.25, 0.3) is 0 Å². The standard InChI is InChI=1S/C18H21NO3S/c1-10-7-6-8-11(2)16(10)19-17(20)13(4)22-18(21)15-9-12(3)23-14(15)5/h6-9,13H,1-5H3,(H,19,20)/t13-/m0/s1. The van der Waals surface area contributed by atoms with Gasteiger partial charge in [0.1, 0.15) is 0 Å². The van der Waals surface area contributed by atoms with Crippen LogP contribution in [0, 0.1) is 27.7 Å². The molecule has 1 aromatic carbocycles. The van der Waals surface area contributed by atoms with E-state index in [0.29, 0.717) is 5.56 Å². The fraction of sp³-hybridized carbons (Fsp3) is 0.333. The van der Waals surface area contributed by atoms with Crippen molar-refractivity contribution in [1.29, 1.82) is 0 Å². The van der Waals surface area contributed by atoms with Crippen LogP contribution in [0.5, 0.6) is 0 Å². The molecule has 0 aliphatic carbocycles. The lowest BCUT2D eigenvalue weighted by molar-refractivity contribution is -0.123. The number of amides is 1. The van der Waals surface area contributed by atoms with Crippen LogP contribution in [-0.2, 0) is 9.53 Å². The van der Waals surface area contributed by atoms with Gasteiger partial charge in [-0.05, 0) is 51.8 Å². The van der Waals surface area contributed by atoms with Gasteiger partial charge in [-0.15, -0.1) is 11.3 Å². The van der Waals surface area contributed by atoms with Crippen molar-refractivity contribution in [3.8, 4) is 0 Å². The van der Waals surface area contributed by atoms with E-state index >= 15 is 0 Å². The molecule has 1 N–H and O–H groups in total. The van der Waals surface area contributed by atoms with E-state index in [1.165, 1.54) is 11.3 Å². The second-order valence-electron chi connectivity index (χ2n) is 5.63. The summed E-state index contributed by atoms with van der Waals surface area (Å²) in [6.07, 6.45) is -0.860. The van der Waals surface area contributed by atoms with Gasteiger partial charge in [-0.2, -0.15) is 0 Å². The fourth-order valence-corrected chi connectivity index (χ4v) is 3.26. The molecule has 23 heavy (non-hydrogen) atoms. The zero-order valence-electron chi connectivity index (χ0n) is 14.0. The van der Waals surface area contributed by atoms with Gasteiger partial charge in [0.15, 0.2) is 6.10 Å². The molecule has 5 heteroatoms. The zero-order valence-corrected chi connectivity index (χ0v) is 14.8. The third-order valence-corrected chi connectivity index (χ3v) is 4.61. The highest BCUT2D eigenvalue weighted by Gasteiger charge is 2.22. The van der Waals surface area contributed by atoms with Gasteiger partial charge >= 0.3 is 5.97 Å². The lowest BCUT2D eigenvalue weighted by Crippen LogP contribution is -2.30. The highest BCUT2D eigenvalue weighted by molar-refractivity contribution is 7.12. The first kappa shape index (κ1) is 17.2. The van der Waals surface area contributed by atoms with E-state index in [1.54, 1.807) is 13.0 Å². The molecule has 122 valence electrons. The Morgan fingerprint density at radius 3 is 2.26 bits per heavy atom. The molecule has 0 aliphatic rings. The topological polar surface area (TPSA) is 55.4 Å². The number of anilines is 1. The summed E-state index contributed by atoms with van der Waals surface area (Å²) in [6, 6.07) is 7.58. The van der Waals surface area contributed by atoms with Crippen LogP contribution in [0.1, 0.15) is 38.2 Å². The second kappa shape index (κ2) is 6.96. The second-order valence-corrected chi connectivity index (χ2v) is 7.09. The summed E-state index contributed by atoms with van der Waals surface area (Å²) in [5.41, 5.74) is 3.24. The molecule has 1 heterocycles. The Kier molecular flexibility index (Phi) is 5.21. The molecule has 0 fully saturated rings. The van der Waals surface area contributed by atoms with Crippen molar-refractivity contribution in [2.24, 2.45) is 0 Å². The van der Waals surface area contributed by atoms with E-state index < -0.39 is 12.1 Å². The van der Waals surface area contributed by atoms with Crippen LogP contribution >= 0.6 is 11.3 Å². The van der Waals surface area contributed by atoms with E-state index in [1.807, 2.05) is 45.9 Å². The molecule has 4 nitrogen and oxygen atoms in total. The highest BCUT2D eigenvalue weighted by Crippen LogP contribution is 2.22. The Balaban J connectivity index is 2.06. The lowest BCUT2D eigenvalue weighted by atomic mass is 10.1. The predicted molar refractivity (Wildman–Crippen MR) is 93.2 cm³/mol. The Bertz CT molecular complexity index is 728. The van der Waals surface area contributed by atoms with Crippen molar-refractivity contribution in [1.82, 2.24) is 0 Å². The first-order valence-corrected chi connectivity index (χ1v) is 8.26. The molecule has 2 aromatic rings. The number of nitrogens with one attached hydrogen (secondary N) is 1. The quantitative estimate of drug-likeness (QED) is 0.856. The molecule has 0 saturated carbocycles. The zero-order chi connectivity index (χ0) is 17.1. The molecule has 0 radical (unpaired) electrons. The maximum absolute atomic E-state index is 12.3. The highest BCUT2D eigenvalue weighted by atomic mass is 32.1. The van der Waals surface area contributed by atoms with E-state index in [4.69, 9.17) is 4.74 Å². The van der Waals surface area contributed by atoms with Gasteiger partial charge in [-0.3, -0.25) is 4.79 Å². The summed E-state index contributed by atoms with van der Waals surface area (Å²) < 4.78 is 5.30. The van der Waals surface area contributed by atoms with E-state index in [0.717, 1.165) is 26.6 Å². The molecule has 0 saturated heterocycles. The number of thiophene rings is 1. The summed E-state index contributed by atoms with van der Waals surface area (Å²) >= 11 is 1.54. The van der Waals surface area contributed by atoms with Gasteiger partial charge in [0.05, 0.1) is 5.56 Å². The molecule has 0 unspecified atom stereocenters. The van der Waals surface area contributed by atoms with Crippen LogP contribution in [-0.4, -0.2) is 18.0 Å². The van der Waals surface area contributed by atoms with E-state index in [9.17, 15) is 9.59 Å². The number of benzene rings is 1. The van der Waals surface area contributed by atoms with Gasteiger partial charge in [-0.25, -0.2) is 4.79 Å². The minimum absolute atomic E-state index is 0.333. The molecule has 2 rings (SSSR count). The molecule has 0 spiro atoms. The fourth-order valence-electron chi connectivity index (χ4n) is 2.35. The Morgan fingerprint density at radius 2 is 1.74 bits per heavy atom. The largest absolute Gasteiger partial charge is 0.449 e. The van der Waals surface area contributed by atoms with Crippen LogP contribution < -0.4 is 5.32 Å². The van der Waals surface area contributed by atoms with Crippen molar-refractivity contribution < 1.29 is 14.3 Å². The summed E-state index contributed by atoms with van der Waals surface area (Å²) in [5, 5.41) is 2.84. The molecule has 1 atom stereocenters. The van der Waals surface area contributed by atoms with Crippen molar-refractivity contribution >= 4 is 28.9 Å². The normalized spacial score (nSPS) is 11.9. The van der Waals surface area contributed by atoms with Crippen LogP contribution in [0.2, 0.25) is 0 Å². The molecular formula is C18H21NO3S. The number of para-hydroxylation sites is 1. The third-order valence-electron chi connectivity index (χ3n) is 3.64. The van der Waals surface area contributed by atoms with E-state index in [-0.39, 0.29) is 5.91 Å². The van der Waals surface area contributed by atoms with E-state index in [2.05, 4.69) is 5.32 Å². The van der Waals surface area contributed by atoms with Gasteiger partial charge in [0.2, 0.25) is 0 Å². The molecule has 1 aromatic heterocycles. The minimum atomic E-state index is -0.860. The summed E-state index contributed by atoms with van der Waals surface area (Å²) in [4.78, 5) is 26.4. The van der Waals surface area contributed by atoms with Crippen molar-refractivity contribution in [2.45, 2.75) is 40.7 Å². The van der Waals surface area contributed by atoms with Crippen LogP contribution in [0.3, 0.4) is 0 Å². The number of carbonyl (C=O) groups is 2. The Labute approximate surface area is 140 Å². The first-order chi connectivity index (χ1) is 10.8. The number of hydrogen-bond acceptors (Lipinski definition) is 4. The predicted octanol–water partition coefficient (Wildman–Crippen LogP) is 4.17. The van der Waals surface area contributed by atoms with Crippen molar-refractivity contribution in [2.75, 3.05) is 5.32 Å². The Hall–Kier alpha value is -2.14. The van der Waals surface area contributed by atoms with Crippen molar-refractivity contribution in [3.05, 3.63) is 50.7 Å². The van der Waals surface area contributed by atoms with Crippen LogP contribution in [0.15, 0.2) is 24.3 Å². The summed E-state index contributed by atoms with van der Waals surface area (Å²) in [7, 11) is 0. The number of aryl methyl sites for hydroxylation is 4. The molecule has 1 amide bonds. The third kappa shape index (κ3) is 3.99. The number of rotatable bonds is 4. The van der Waals surface area contributed by atoms with Gasteiger partial charge in [-0.1, -0.05) is 18.2 Å². The number of esters is 1.